The lowest BCUT2D eigenvalue weighted by molar-refractivity contribution is -0.134. The van der Waals surface area contributed by atoms with Crippen molar-refractivity contribution in [1.82, 2.24) is 4.90 Å². The number of benzene rings is 2. The maximum Gasteiger partial charge on any atom is 0.332 e. The van der Waals surface area contributed by atoms with Crippen LogP contribution in [0.5, 0.6) is 0 Å². The molecule has 1 N–H and O–H groups in total. The molecule has 1 saturated heterocycles. The van der Waals surface area contributed by atoms with Gasteiger partial charge in [0.05, 0.1) is 0 Å². The second-order valence-electron chi connectivity index (χ2n) is 13.0. The Balaban J connectivity index is 1.46. The van der Waals surface area contributed by atoms with Crippen LogP contribution in [-0.2, 0) is 9.22 Å². The standard InChI is InChI=1S/C33H45NO3Si/c1-25(30-18-12-22-33(30)21-11-13-27-20-19-26(31(35)36)23-34(27)33)24-37-38(32(2,3)4,28-14-7-5-8-15-28)29-16-9-6-10-17-29/h5-10,14-17,19,25,27,30H,11-13,18,20-24H2,1-4H3,(H,35,36)/t25-,27+,30+,33+/m0/s1. The van der Waals surface area contributed by atoms with Crippen LogP contribution in [0.25, 0.3) is 0 Å². The maximum absolute atomic E-state index is 11.9. The number of hydrogen-bond donors (Lipinski definition) is 1. The molecule has 2 aliphatic heterocycles. The molecule has 1 saturated carbocycles. The third kappa shape index (κ3) is 4.71. The van der Waals surface area contributed by atoms with Crippen molar-refractivity contribution in [3.63, 3.8) is 0 Å². The summed E-state index contributed by atoms with van der Waals surface area (Å²) in [6.07, 6.45) is 10.1. The minimum atomic E-state index is -2.58. The molecular formula is C33H45NO3Si. The molecule has 0 unspecified atom stereocenters. The van der Waals surface area contributed by atoms with Crippen molar-refractivity contribution in [1.29, 1.82) is 0 Å². The van der Waals surface area contributed by atoms with Crippen molar-refractivity contribution in [3.8, 4) is 0 Å². The quantitative estimate of drug-likeness (QED) is 0.445. The normalized spacial score (nSPS) is 27.1. The Labute approximate surface area is 230 Å². The van der Waals surface area contributed by atoms with E-state index in [0.717, 1.165) is 13.0 Å². The van der Waals surface area contributed by atoms with Crippen LogP contribution in [0, 0.1) is 11.8 Å². The highest BCUT2D eigenvalue weighted by Crippen LogP contribution is 2.52. The Hall–Kier alpha value is -2.21. The fourth-order valence-corrected chi connectivity index (χ4v) is 12.9. The van der Waals surface area contributed by atoms with Gasteiger partial charge in [-0.2, -0.15) is 0 Å². The average Bonchev–Trinajstić information content (AvgIpc) is 3.33. The zero-order chi connectivity index (χ0) is 27.0. The van der Waals surface area contributed by atoms with Crippen LogP contribution in [0.2, 0.25) is 5.04 Å². The average molecular weight is 532 g/mol. The first kappa shape index (κ1) is 27.4. The molecule has 38 heavy (non-hydrogen) atoms. The van der Waals surface area contributed by atoms with E-state index in [1.54, 1.807) is 0 Å². The van der Waals surface area contributed by atoms with Crippen LogP contribution in [0.4, 0.5) is 0 Å². The van der Waals surface area contributed by atoms with Gasteiger partial charge in [0.15, 0.2) is 0 Å². The molecule has 1 aliphatic carbocycles. The van der Waals surface area contributed by atoms with Gasteiger partial charge >= 0.3 is 5.97 Å². The van der Waals surface area contributed by atoms with Crippen LogP contribution in [0.1, 0.15) is 72.6 Å². The molecule has 2 fully saturated rings. The van der Waals surface area contributed by atoms with Gasteiger partial charge in [-0.05, 0) is 59.4 Å². The number of nitrogens with zero attached hydrogens (tertiary/aromatic N) is 1. The summed E-state index contributed by atoms with van der Waals surface area (Å²) in [5.74, 6) is 0.176. The first-order valence-corrected chi connectivity index (χ1v) is 16.5. The largest absolute Gasteiger partial charge is 0.478 e. The van der Waals surface area contributed by atoms with Gasteiger partial charge in [0, 0.05) is 30.3 Å². The number of carboxylic acid groups (broad SMARTS) is 1. The minimum absolute atomic E-state index is 0.0349. The van der Waals surface area contributed by atoms with Gasteiger partial charge in [0.2, 0.25) is 0 Å². The van der Waals surface area contributed by atoms with Crippen LogP contribution in [-0.4, -0.2) is 49.0 Å². The molecule has 0 amide bonds. The summed E-state index contributed by atoms with van der Waals surface area (Å²) in [4.78, 5) is 14.5. The highest BCUT2D eigenvalue weighted by molar-refractivity contribution is 6.99. The van der Waals surface area contributed by atoms with E-state index in [-0.39, 0.29) is 10.6 Å². The van der Waals surface area contributed by atoms with Crippen LogP contribution in [0.15, 0.2) is 72.3 Å². The molecule has 1 spiro atoms. The van der Waals surface area contributed by atoms with E-state index in [2.05, 4.69) is 93.3 Å². The molecule has 5 heteroatoms. The lowest BCUT2D eigenvalue weighted by atomic mass is 9.70. The zero-order valence-electron chi connectivity index (χ0n) is 23.7. The van der Waals surface area contributed by atoms with Crippen LogP contribution in [0.3, 0.4) is 0 Å². The summed E-state index contributed by atoms with van der Waals surface area (Å²) in [6.45, 7) is 10.8. The molecule has 2 heterocycles. The Morgan fingerprint density at radius 3 is 2.16 bits per heavy atom. The van der Waals surface area contributed by atoms with Gasteiger partial charge in [-0.3, -0.25) is 4.90 Å². The molecule has 0 aromatic heterocycles. The van der Waals surface area contributed by atoms with E-state index < -0.39 is 14.3 Å². The third-order valence-electron chi connectivity index (χ3n) is 9.89. The number of rotatable bonds is 7. The first-order chi connectivity index (χ1) is 18.2. The van der Waals surface area contributed by atoms with Crippen molar-refractivity contribution in [2.24, 2.45) is 11.8 Å². The van der Waals surface area contributed by atoms with Crippen LogP contribution >= 0.6 is 0 Å². The Kier molecular flexibility index (Phi) is 7.74. The zero-order valence-corrected chi connectivity index (χ0v) is 24.7. The monoisotopic (exact) mass is 531 g/mol. The van der Waals surface area contributed by atoms with Crippen molar-refractivity contribution in [3.05, 3.63) is 72.3 Å². The molecular weight excluding hydrogens is 486 g/mol. The minimum Gasteiger partial charge on any atom is -0.478 e. The van der Waals surface area contributed by atoms with E-state index in [1.807, 2.05) is 6.08 Å². The second kappa shape index (κ2) is 10.7. The van der Waals surface area contributed by atoms with Gasteiger partial charge in [0.25, 0.3) is 8.32 Å². The Morgan fingerprint density at radius 1 is 1.03 bits per heavy atom. The van der Waals surface area contributed by atoms with E-state index in [1.165, 1.54) is 48.9 Å². The predicted molar refractivity (Wildman–Crippen MR) is 157 cm³/mol. The predicted octanol–water partition coefficient (Wildman–Crippen LogP) is 6.01. The lowest BCUT2D eigenvalue weighted by Gasteiger charge is -2.55. The second-order valence-corrected chi connectivity index (χ2v) is 17.3. The molecule has 0 bridgehead atoms. The number of piperidine rings is 1. The van der Waals surface area contributed by atoms with E-state index in [4.69, 9.17) is 4.43 Å². The molecule has 0 radical (unpaired) electrons. The summed E-state index contributed by atoms with van der Waals surface area (Å²) in [5.41, 5.74) is 0.691. The number of carboxylic acids is 1. The van der Waals surface area contributed by atoms with E-state index in [0.29, 0.717) is 30.0 Å². The summed E-state index contributed by atoms with van der Waals surface area (Å²) in [5, 5.41) is 12.4. The molecule has 4 atom stereocenters. The third-order valence-corrected chi connectivity index (χ3v) is 14.9. The number of hydrogen-bond acceptors (Lipinski definition) is 3. The van der Waals surface area contributed by atoms with Gasteiger partial charge in [-0.1, -0.05) is 107 Å². The molecule has 2 aromatic carbocycles. The van der Waals surface area contributed by atoms with Gasteiger partial charge in [-0.15, -0.1) is 0 Å². The molecule has 5 rings (SSSR count). The maximum atomic E-state index is 11.9. The molecule has 2 aromatic rings. The first-order valence-electron chi connectivity index (χ1n) is 14.6. The Morgan fingerprint density at radius 2 is 1.61 bits per heavy atom. The summed E-state index contributed by atoms with van der Waals surface area (Å²) < 4.78 is 7.38. The Bertz CT molecular complexity index is 1100. The fraction of sp³-hybridized carbons (Fsp3) is 0.545. The van der Waals surface area contributed by atoms with Gasteiger partial charge in [-0.25, -0.2) is 4.79 Å². The van der Waals surface area contributed by atoms with Crippen LogP contribution < -0.4 is 10.4 Å². The summed E-state index contributed by atoms with van der Waals surface area (Å²) in [7, 11) is -2.58. The lowest BCUT2D eigenvalue weighted by Crippen LogP contribution is -2.67. The van der Waals surface area contributed by atoms with Crippen molar-refractivity contribution < 1.29 is 14.3 Å². The van der Waals surface area contributed by atoms with Gasteiger partial charge < -0.3 is 9.53 Å². The van der Waals surface area contributed by atoms with Crippen molar-refractivity contribution in [2.45, 2.75) is 89.3 Å². The van der Waals surface area contributed by atoms with E-state index >= 15 is 0 Å². The number of carbonyl (C=O) groups is 1. The topological polar surface area (TPSA) is 49.8 Å². The molecule has 204 valence electrons. The van der Waals surface area contributed by atoms with Crippen molar-refractivity contribution in [2.75, 3.05) is 13.2 Å². The summed E-state index contributed by atoms with van der Waals surface area (Å²) >= 11 is 0. The van der Waals surface area contributed by atoms with E-state index in [9.17, 15) is 9.90 Å². The van der Waals surface area contributed by atoms with Crippen molar-refractivity contribution >= 4 is 24.7 Å². The number of aliphatic carboxylic acids is 1. The number of fused-ring (bicyclic) bond motifs is 2. The fourth-order valence-electron chi connectivity index (χ4n) is 8.22. The highest BCUT2D eigenvalue weighted by atomic mass is 28.4. The smallest absolute Gasteiger partial charge is 0.332 e. The van der Waals surface area contributed by atoms with Gasteiger partial charge in [0.1, 0.15) is 0 Å². The summed E-state index contributed by atoms with van der Waals surface area (Å²) in [6, 6.07) is 22.4. The SMILES string of the molecule is C[C@@H](CO[Si](c1ccccc1)(c1ccccc1)C(C)(C)C)[C@H]1CCC[C@]12CCC[C@@H]1CC=C(C(=O)O)CN12. The molecule has 3 aliphatic rings. The highest BCUT2D eigenvalue weighted by Gasteiger charge is 2.55. The molecule has 4 nitrogen and oxygen atoms in total.